The van der Waals surface area contributed by atoms with Gasteiger partial charge >= 0.3 is 0 Å². The van der Waals surface area contributed by atoms with Gasteiger partial charge in [0.1, 0.15) is 22.8 Å². The molecular formula is C27H32N8O3S2. The number of nitrogens with two attached hydrogens (primary N) is 1. The number of rotatable bonds is 9. The first-order valence-electron chi connectivity index (χ1n) is 13.2. The van der Waals surface area contributed by atoms with E-state index < -0.39 is 10.0 Å². The lowest BCUT2D eigenvalue weighted by Crippen LogP contribution is -2.48. The van der Waals surface area contributed by atoms with Crippen LogP contribution in [-0.2, 0) is 23.0 Å². The van der Waals surface area contributed by atoms with Crippen LogP contribution in [0.2, 0.25) is 0 Å². The summed E-state index contributed by atoms with van der Waals surface area (Å²) in [7, 11) is -1.47. The molecule has 0 saturated carbocycles. The van der Waals surface area contributed by atoms with Crippen LogP contribution in [0.25, 0.3) is 31.8 Å². The number of hydrogen-bond donors (Lipinski definition) is 2. The lowest BCUT2D eigenvalue weighted by molar-refractivity contribution is 0.187. The van der Waals surface area contributed by atoms with Gasteiger partial charge in [0.2, 0.25) is 10.0 Å². The van der Waals surface area contributed by atoms with Crippen molar-refractivity contribution >= 4 is 48.4 Å². The number of aromatic amines is 1. The SMILES string of the molecule is COc1ccc(Cn2c(CCCN3CCN(S(C)(=O)=O)CC3)nc3c(N)nc4cc(-c5cc[nH]n5)sc4c32)cc1. The van der Waals surface area contributed by atoms with Gasteiger partial charge in [-0.3, -0.25) is 5.10 Å². The first-order valence-corrected chi connectivity index (χ1v) is 15.9. The van der Waals surface area contributed by atoms with Gasteiger partial charge in [-0.25, -0.2) is 18.4 Å². The molecule has 1 saturated heterocycles. The van der Waals surface area contributed by atoms with E-state index in [4.69, 9.17) is 20.4 Å². The van der Waals surface area contributed by atoms with Crippen LogP contribution in [0.3, 0.4) is 0 Å². The van der Waals surface area contributed by atoms with E-state index in [0.717, 1.165) is 75.9 Å². The average Bonchev–Trinajstić information content (AvgIpc) is 3.69. The van der Waals surface area contributed by atoms with E-state index in [-0.39, 0.29) is 0 Å². The quantitative estimate of drug-likeness (QED) is 0.271. The number of benzene rings is 1. The Morgan fingerprint density at radius 1 is 1.10 bits per heavy atom. The molecule has 5 aromatic rings. The molecule has 40 heavy (non-hydrogen) atoms. The molecule has 4 aromatic heterocycles. The highest BCUT2D eigenvalue weighted by Crippen LogP contribution is 2.38. The summed E-state index contributed by atoms with van der Waals surface area (Å²) in [6, 6.07) is 12.1. The van der Waals surface area contributed by atoms with Crippen molar-refractivity contribution in [1.29, 1.82) is 0 Å². The number of nitrogen functional groups attached to an aromatic ring is 1. The molecule has 1 fully saturated rings. The Morgan fingerprint density at radius 2 is 1.88 bits per heavy atom. The smallest absolute Gasteiger partial charge is 0.211 e. The first kappa shape index (κ1) is 26.7. The summed E-state index contributed by atoms with van der Waals surface area (Å²) in [5.41, 5.74) is 11.0. The number of ether oxygens (including phenoxy) is 1. The summed E-state index contributed by atoms with van der Waals surface area (Å²) < 4.78 is 33.9. The molecule has 210 valence electrons. The van der Waals surface area contributed by atoms with Crippen molar-refractivity contribution in [2.75, 3.05) is 51.8 Å². The largest absolute Gasteiger partial charge is 0.497 e. The predicted molar refractivity (Wildman–Crippen MR) is 158 cm³/mol. The highest BCUT2D eigenvalue weighted by Gasteiger charge is 2.24. The highest BCUT2D eigenvalue weighted by atomic mass is 32.2. The maximum absolute atomic E-state index is 11.9. The third-order valence-electron chi connectivity index (χ3n) is 7.39. The van der Waals surface area contributed by atoms with Crippen LogP contribution in [0, 0.1) is 0 Å². The van der Waals surface area contributed by atoms with E-state index >= 15 is 0 Å². The van der Waals surface area contributed by atoms with Gasteiger partial charge in [0.25, 0.3) is 0 Å². The number of fused-ring (bicyclic) bond motifs is 3. The fourth-order valence-corrected chi connectivity index (χ4v) is 7.22. The van der Waals surface area contributed by atoms with Gasteiger partial charge in [-0.15, -0.1) is 11.3 Å². The molecule has 0 radical (unpaired) electrons. The predicted octanol–water partition coefficient (Wildman–Crippen LogP) is 3.19. The third kappa shape index (κ3) is 5.29. The normalized spacial score (nSPS) is 15.3. The first-order chi connectivity index (χ1) is 19.3. The van der Waals surface area contributed by atoms with Crippen molar-refractivity contribution in [3.8, 4) is 16.3 Å². The molecule has 1 aromatic carbocycles. The van der Waals surface area contributed by atoms with Crippen molar-refractivity contribution in [2.24, 2.45) is 0 Å². The second-order valence-electron chi connectivity index (χ2n) is 10.0. The van der Waals surface area contributed by atoms with Crippen LogP contribution in [0.15, 0.2) is 42.6 Å². The monoisotopic (exact) mass is 580 g/mol. The maximum Gasteiger partial charge on any atom is 0.211 e. The summed E-state index contributed by atoms with van der Waals surface area (Å²) in [5, 5.41) is 7.24. The van der Waals surface area contributed by atoms with Crippen LogP contribution in [0.1, 0.15) is 17.8 Å². The molecule has 11 nitrogen and oxygen atoms in total. The number of pyridine rings is 1. The number of aromatic nitrogens is 5. The van der Waals surface area contributed by atoms with Crippen molar-refractivity contribution in [3.63, 3.8) is 0 Å². The van der Waals surface area contributed by atoms with E-state index in [1.165, 1.54) is 6.26 Å². The van der Waals surface area contributed by atoms with Crippen molar-refractivity contribution < 1.29 is 13.2 Å². The molecule has 1 aliphatic rings. The molecule has 0 unspecified atom stereocenters. The summed E-state index contributed by atoms with van der Waals surface area (Å²) in [5.74, 6) is 2.19. The maximum atomic E-state index is 11.9. The molecule has 1 aliphatic heterocycles. The van der Waals surface area contributed by atoms with Gasteiger partial charge in [0.05, 0.1) is 34.0 Å². The van der Waals surface area contributed by atoms with Crippen LogP contribution >= 0.6 is 11.3 Å². The number of piperazine rings is 1. The second-order valence-corrected chi connectivity index (χ2v) is 13.1. The zero-order valence-electron chi connectivity index (χ0n) is 22.5. The summed E-state index contributed by atoms with van der Waals surface area (Å²) in [6.07, 6.45) is 4.74. The van der Waals surface area contributed by atoms with Crippen LogP contribution in [0.5, 0.6) is 5.75 Å². The van der Waals surface area contributed by atoms with Gasteiger partial charge in [-0.1, -0.05) is 12.1 Å². The molecule has 5 heterocycles. The standard InChI is InChI=1S/C27H32N8O3S2/c1-38-19-7-5-18(6-8-19)17-35-23(4-3-11-33-12-14-34(15-13-33)40(2,36)37)31-24-25(35)26-21(30-27(24)28)16-22(39-26)20-9-10-29-32-20/h5-10,16H,3-4,11-15,17H2,1-2H3,(H2,28,30)(H,29,32). The number of aryl methyl sites for hydroxylation is 1. The molecule has 0 aliphatic carbocycles. The van der Waals surface area contributed by atoms with E-state index in [9.17, 15) is 8.42 Å². The number of H-pyrrole nitrogens is 1. The fourth-order valence-electron chi connectivity index (χ4n) is 5.27. The number of anilines is 1. The Hall–Kier alpha value is -3.52. The van der Waals surface area contributed by atoms with Gasteiger partial charge in [-0.05, 0) is 42.8 Å². The van der Waals surface area contributed by atoms with Crippen molar-refractivity contribution in [3.05, 3.63) is 54.0 Å². The molecule has 0 spiro atoms. The average molecular weight is 581 g/mol. The number of nitrogens with zero attached hydrogens (tertiary/aromatic N) is 6. The molecule has 0 bridgehead atoms. The number of hydrogen-bond acceptors (Lipinski definition) is 9. The van der Waals surface area contributed by atoms with E-state index in [0.29, 0.717) is 31.0 Å². The number of sulfonamides is 1. The highest BCUT2D eigenvalue weighted by molar-refractivity contribution is 7.88. The Bertz CT molecular complexity index is 1740. The van der Waals surface area contributed by atoms with E-state index in [2.05, 4.69) is 31.8 Å². The fraction of sp³-hybridized carbons (Fsp3) is 0.370. The Labute approximate surface area is 236 Å². The number of nitrogens with one attached hydrogen (secondary N) is 1. The lowest BCUT2D eigenvalue weighted by Gasteiger charge is -2.33. The Kier molecular flexibility index (Phi) is 7.21. The van der Waals surface area contributed by atoms with Crippen LogP contribution in [-0.4, -0.2) is 88.4 Å². The minimum atomic E-state index is -3.14. The minimum Gasteiger partial charge on any atom is -0.497 e. The Morgan fingerprint density at radius 3 is 2.55 bits per heavy atom. The van der Waals surface area contributed by atoms with E-state index in [1.807, 2.05) is 30.5 Å². The van der Waals surface area contributed by atoms with Crippen molar-refractivity contribution in [1.82, 2.24) is 33.9 Å². The molecule has 13 heteroatoms. The van der Waals surface area contributed by atoms with Crippen LogP contribution < -0.4 is 10.5 Å². The number of methoxy groups -OCH3 is 1. The lowest BCUT2D eigenvalue weighted by atomic mass is 10.2. The van der Waals surface area contributed by atoms with E-state index in [1.54, 1.807) is 22.8 Å². The molecule has 0 amide bonds. The van der Waals surface area contributed by atoms with Crippen LogP contribution in [0.4, 0.5) is 5.82 Å². The summed E-state index contributed by atoms with van der Waals surface area (Å²) >= 11 is 1.64. The zero-order chi connectivity index (χ0) is 27.9. The Balaban J connectivity index is 1.32. The van der Waals surface area contributed by atoms with Gasteiger partial charge in [-0.2, -0.15) is 9.40 Å². The third-order valence-corrected chi connectivity index (χ3v) is 9.84. The number of imidazole rings is 1. The van der Waals surface area contributed by atoms with Crippen molar-refractivity contribution in [2.45, 2.75) is 19.4 Å². The zero-order valence-corrected chi connectivity index (χ0v) is 24.1. The molecular weight excluding hydrogens is 548 g/mol. The van der Waals surface area contributed by atoms with Gasteiger partial charge in [0.15, 0.2) is 5.82 Å². The molecule has 6 rings (SSSR count). The number of thiophene rings is 1. The minimum absolute atomic E-state index is 0.417. The second kappa shape index (κ2) is 10.8. The van der Waals surface area contributed by atoms with Gasteiger partial charge in [0, 0.05) is 45.3 Å². The molecule has 3 N–H and O–H groups in total. The molecule has 0 atom stereocenters. The summed E-state index contributed by atoms with van der Waals surface area (Å²) in [4.78, 5) is 13.1. The topological polar surface area (TPSA) is 135 Å². The summed E-state index contributed by atoms with van der Waals surface area (Å²) in [6.45, 7) is 4.04. The van der Waals surface area contributed by atoms with Gasteiger partial charge < -0.3 is 19.9 Å².